The summed E-state index contributed by atoms with van der Waals surface area (Å²) in [6.07, 6.45) is 5.50. The van der Waals surface area contributed by atoms with Gasteiger partial charge in [-0.3, -0.25) is 4.79 Å². The Hall–Kier alpha value is -1.12. The average Bonchev–Trinajstić information content (AvgIpc) is 2.63. The molecule has 0 aromatic rings. The third-order valence-corrected chi connectivity index (χ3v) is 3.76. The second kappa shape index (κ2) is 8.89. The van der Waals surface area contributed by atoms with E-state index in [2.05, 4.69) is 6.07 Å². The lowest BCUT2D eigenvalue weighted by molar-refractivity contribution is -0.137. The molecule has 0 heterocycles. The van der Waals surface area contributed by atoms with Gasteiger partial charge in [0.15, 0.2) is 0 Å². The van der Waals surface area contributed by atoms with Crippen LogP contribution in [-0.2, 0) is 9.53 Å². The zero-order chi connectivity index (χ0) is 14.1. The van der Waals surface area contributed by atoms with Crippen LogP contribution < -0.4 is 5.73 Å². The van der Waals surface area contributed by atoms with E-state index in [0.29, 0.717) is 26.1 Å². The Balaban J connectivity index is 2.64. The van der Waals surface area contributed by atoms with Crippen molar-refractivity contribution in [3.05, 3.63) is 0 Å². The molecule has 0 aliphatic heterocycles. The molecular weight excluding hydrogens is 242 g/mol. The van der Waals surface area contributed by atoms with E-state index in [1.54, 1.807) is 12.0 Å². The maximum Gasteiger partial charge on any atom is 0.227 e. The van der Waals surface area contributed by atoms with Crippen LogP contribution in [0.2, 0.25) is 0 Å². The van der Waals surface area contributed by atoms with Gasteiger partial charge in [-0.1, -0.05) is 19.3 Å². The SMILES string of the molecule is COCCN(CCC#N)C(=O)C1CCCCCC1N. The summed E-state index contributed by atoms with van der Waals surface area (Å²) in [7, 11) is 1.62. The first-order valence-electron chi connectivity index (χ1n) is 7.11. The van der Waals surface area contributed by atoms with E-state index in [4.69, 9.17) is 15.7 Å². The molecule has 2 atom stereocenters. The lowest BCUT2D eigenvalue weighted by Gasteiger charge is -2.28. The number of rotatable bonds is 6. The molecule has 0 radical (unpaired) electrons. The lowest BCUT2D eigenvalue weighted by atomic mass is 9.94. The van der Waals surface area contributed by atoms with Crippen LogP contribution >= 0.6 is 0 Å². The highest BCUT2D eigenvalue weighted by atomic mass is 16.5. The summed E-state index contributed by atoms with van der Waals surface area (Å²) in [5, 5.41) is 8.69. The molecule has 108 valence electrons. The average molecular weight is 267 g/mol. The van der Waals surface area contributed by atoms with Gasteiger partial charge in [0.05, 0.1) is 25.0 Å². The predicted molar refractivity (Wildman–Crippen MR) is 73.2 cm³/mol. The van der Waals surface area contributed by atoms with Crippen molar-refractivity contribution in [1.82, 2.24) is 4.90 Å². The molecule has 5 heteroatoms. The van der Waals surface area contributed by atoms with Gasteiger partial charge < -0.3 is 15.4 Å². The Morgan fingerprint density at radius 3 is 2.79 bits per heavy atom. The van der Waals surface area contributed by atoms with Crippen LogP contribution in [0.15, 0.2) is 0 Å². The van der Waals surface area contributed by atoms with Crippen LogP contribution in [-0.4, -0.2) is 43.7 Å². The van der Waals surface area contributed by atoms with Crippen molar-refractivity contribution in [2.75, 3.05) is 26.8 Å². The molecule has 1 amide bonds. The summed E-state index contributed by atoms with van der Waals surface area (Å²) < 4.78 is 5.03. The number of hydrogen-bond donors (Lipinski definition) is 1. The van der Waals surface area contributed by atoms with Gasteiger partial charge in [0, 0.05) is 26.2 Å². The summed E-state index contributed by atoms with van der Waals surface area (Å²) in [4.78, 5) is 14.3. The normalized spacial score (nSPS) is 23.4. The number of carbonyl (C=O) groups is 1. The molecule has 2 unspecified atom stereocenters. The topological polar surface area (TPSA) is 79.3 Å². The minimum Gasteiger partial charge on any atom is -0.383 e. The first kappa shape index (κ1) is 15.9. The van der Waals surface area contributed by atoms with Gasteiger partial charge in [0.25, 0.3) is 0 Å². The van der Waals surface area contributed by atoms with Gasteiger partial charge in [-0.15, -0.1) is 0 Å². The first-order valence-corrected chi connectivity index (χ1v) is 7.11. The van der Waals surface area contributed by atoms with Crippen LogP contribution in [0.3, 0.4) is 0 Å². The standard InChI is InChI=1S/C14H25N3O2/c1-19-11-10-17(9-5-8-15)14(18)12-6-3-2-4-7-13(12)16/h12-13H,2-7,9-11,16H2,1H3. The molecule has 1 aliphatic rings. The van der Waals surface area contributed by atoms with Crippen molar-refractivity contribution in [2.45, 2.75) is 44.6 Å². The zero-order valence-corrected chi connectivity index (χ0v) is 11.8. The number of nitrogens with zero attached hydrogens (tertiary/aromatic N) is 2. The number of ether oxygens (including phenoxy) is 1. The van der Waals surface area contributed by atoms with Crippen molar-refractivity contribution >= 4 is 5.91 Å². The number of nitriles is 1. The molecule has 1 aliphatic carbocycles. The van der Waals surface area contributed by atoms with E-state index in [0.717, 1.165) is 32.1 Å². The summed E-state index contributed by atoms with van der Waals surface area (Å²) in [6, 6.07) is 2.05. The molecule has 1 saturated carbocycles. The van der Waals surface area contributed by atoms with Gasteiger partial charge in [-0.25, -0.2) is 0 Å². The van der Waals surface area contributed by atoms with Gasteiger partial charge in [0.2, 0.25) is 5.91 Å². The minimum atomic E-state index is -0.0851. The summed E-state index contributed by atoms with van der Waals surface area (Å²) in [5.74, 6) is 0.0137. The smallest absolute Gasteiger partial charge is 0.227 e. The van der Waals surface area contributed by atoms with Crippen LogP contribution in [0.4, 0.5) is 0 Å². The van der Waals surface area contributed by atoms with Crippen LogP contribution in [0.1, 0.15) is 38.5 Å². The van der Waals surface area contributed by atoms with E-state index >= 15 is 0 Å². The first-order chi connectivity index (χ1) is 9.20. The Labute approximate surface area is 115 Å². The highest BCUT2D eigenvalue weighted by molar-refractivity contribution is 5.79. The maximum atomic E-state index is 12.6. The van der Waals surface area contributed by atoms with Crippen LogP contribution in [0.25, 0.3) is 0 Å². The Kier molecular flexibility index (Phi) is 7.46. The van der Waals surface area contributed by atoms with Gasteiger partial charge in [0.1, 0.15) is 0 Å². The third kappa shape index (κ3) is 5.17. The number of nitrogens with two attached hydrogens (primary N) is 1. The Morgan fingerprint density at radius 1 is 1.37 bits per heavy atom. The number of methoxy groups -OCH3 is 1. The molecule has 0 aromatic carbocycles. The quantitative estimate of drug-likeness (QED) is 0.735. The van der Waals surface area contributed by atoms with Gasteiger partial charge in [-0.2, -0.15) is 5.26 Å². The fraction of sp³-hybridized carbons (Fsp3) is 0.857. The lowest BCUT2D eigenvalue weighted by Crippen LogP contribution is -2.45. The fourth-order valence-electron chi connectivity index (χ4n) is 2.60. The monoisotopic (exact) mass is 267 g/mol. The van der Waals surface area contributed by atoms with E-state index < -0.39 is 0 Å². The highest BCUT2D eigenvalue weighted by Gasteiger charge is 2.30. The molecule has 0 aromatic heterocycles. The fourth-order valence-corrected chi connectivity index (χ4v) is 2.60. The van der Waals surface area contributed by atoms with Gasteiger partial charge in [-0.05, 0) is 12.8 Å². The third-order valence-electron chi connectivity index (χ3n) is 3.76. The highest BCUT2D eigenvalue weighted by Crippen LogP contribution is 2.24. The van der Waals surface area contributed by atoms with E-state index in [-0.39, 0.29) is 17.9 Å². The molecule has 0 saturated heterocycles. The molecule has 1 rings (SSSR count). The second-order valence-corrected chi connectivity index (χ2v) is 5.13. The largest absolute Gasteiger partial charge is 0.383 e. The predicted octanol–water partition coefficient (Wildman–Crippen LogP) is 1.28. The van der Waals surface area contributed by atoms with E-state index in [1.807, 2.05) is 0 Å². The summed E-state index contributed by atoms with van der Waals surface area (Å²) >= 11 is 0. The molecule has 1 fully saturated rings. The Morgan fingerprint density at radius 2 is 2.11 bits per heavy atom. The molecular formula is C14H25N3O2. The summed E-state index contributed by atoms with van der Waals surface area (Å²) in [6.45, 7) is 1.52. The molecule has 19 heavy (non-hydrogen) atoms. The molecule has 2 N–H and O–H groups in total. The maximum absolute atomic E-state index is 12.6. The van der Waals surface area contributed by atoms with E-state index in [9.17, 15) is 4.79 Å². The zero-order valence-electron chi connectivity index (χ0n) is 11.8. The minimum absolute atomic E-state index is 0.0397. The van der Waals surface area contributed by atoms with Gasteiger partial charge >= 0.3 is 0 Å². The molecule has 5 nitrogen and oxygen atoms in total. The van der Waals surface area contributed by atoms with E-state index in [1.165, 1.54) is 0 Å². The number of carbonyl (C=O) groups excluding carboxylic acids is 1. The molecule has 0 spiro atoms. The van der Waals surface area contributed by atoms with Crippen molar-refractivity contribution in [3.8, 4) is 6.07 Å². The number of hydrogen-bond acceptors (Lipinski definition) is 4. The molecule has 0 bridgehead atoms. The van der Waals surface area contributed by atoms with Crippen molar-refractivity contribution in [1.29, 1.82) is 5.26 Å². The number of amides is 1. The van der Waals surface area contributed by atoms with Crippen LogP contribution in [0, 0.1) is 17.2 Å². The van der Waals surface area contributed by atoms with Crippen LogP contribution in [0.5, 0.6) is 0 Å². The Bertz CT molecular complexity index is 314. The van der Waals surface area contributed by atoms with Crippen molar-refractivity contribution in [3.63, 3.8) is 0 Å². The second-order valence-electron chi connectivity index (χ2n) is 5.13. The van der Waals surface area contributed by atoms with Crippen molar-refractivity contribution in [2.24, 2.45) is 11.7 Å². The summed E-state index contributed by atoms with van der Waals surface area (Å²) in [5.41, 5.74) is 6.13. The van der Waals surface area contributed by atoms with Crippen molar-refractivity contribution < 1.29 is 9.53 Å².